The summed E-state index contributed by atoms with van der Waals surface area (Å²) in [5, 5.41) is 2.85. The Morgan fingerprint density at radius 1 is 1.41 bits per heavy atom. The molecule has 1 aliphatic rings. The van der Waals surface area contributed by atoms with Gasteiger partial charge in [-0.1, -0.05) is 6.07 Å². The fourth-order valence-corrected chi connectivity index (χ4v) is 2.28. The molecule has 120 valence electrons. The van der Waals surface area contributed by atoms with Gasteiger partial charge in [0.1, 0.15) is 5.75 Å². The van der Waals surface area contributed by atoms with E-state index in [2.05, 4.69) is 5.32 Å². The van der Waals surface area contributed by atoms with E-state index in [1.54, 1.807) is 4.90 Å². The molecule has 22 heavy (non-hydrogen) atoms. The van der Waals surface area contributed by atoms with Crippen LogP contribution in [0, 0.1) is 6.92 Å². The summed E-state index contributed by atoms with van der Waals surface area (Å²) in [7, 11) is 3.91. The van der Waals surface area contributed by atoms with Crippen molar-refractivity contribution in [1.29, 1.82) is 0 Å². The van der Waals surface area contributed by atoms with Crippen molar-refractivity contribution in [2.24, 2.45) is 0 Å². The molecular formula is C16H23N3O3. The second-order valence-electron chi connectivity index (χ2n) is 5.71. The van der Waals surface area contributed by atoms with Crippen molar-refractivity contribution in [3.05, 3.63) is 23.8 Å². The average molecular weight is 305 g/mol. The summed E-state index contributed by atoms with van der Waals surface area (Å²) in [5.74, 6) is 0.542. The molecule has 1 aromatic carbocycles. The number of fused-ring (bicyclic) bond motifs is 1. The SMILES string of the molecule is Cc1ccc2c(c1)OCC(=O)N2CCC(=O)NCCN(C)C. The Labute approximate surface area is 131 Å². The third-order valence-corrected chi connectivity index (χ3v) is 3.50. The molecule has 0 saturated heterocycles. The highest BCUT2D eigenvalue weighted by Gasteiger charge is 2.25. The first-order valence-corrected chi connectivity index (χ1v) is 7.42. The number of likely N-dealkylation sites (N-methyl/N-ethyl adjacent to an activating group) is 1. The van der Waals surface area contributed by atoms with Crippen LogP contribution in [0.15, 0.2) is 18.2 Å². The molecule has 1 N–H and O–H groups in total. The van der Waals surface area contributed by atoms with Crippen LogP contribution in [0.2, 0.25) is 0 Å². The Morgan fingerprint density at radius 3 is 2.91 bits per heavy atom. The summed E-state index contributed by atoms with van der Waals surface area (Å²) in [6, 6.07) is 5.71. The van der Waals surface area contributed by atoms with Crippen molar-refractivity contribution in [2.75, 3.05) is 45.2 Å². The van der Waals surface area contributed by atoms with E-state index < -0.39 is 0 Å². The van der Waals surface area contributed by atoms with E-state index >= 15 is 0 Å². The second kappa shape index (κ2) is 7.26. The molecule has 1 heterocycles. The maximum Gasteiger partial charge on any atom is 0.265 e. The molecule has 0 spiro atoms. The first-order chi connectivity index (χ1) is 10.5. The lowest BCUT2D eigenvalue weighted by Crippen LogP contribution is -2.41. The van der Waals surface area contributed by atoms with Crippen molar-refractivity contribution in [1.82, 2.24) is 10.2 Å². The van der Waals surface area contributed by atoms with Crippen LogP contribution in [0.3, 0.4) is 0 Å². The normalized spacial score (nSPS) is 13.8. The Bertz CT molecular complexity index is 558. The van der Waals surface area contributed by atoms with Crippen LogP contribution >= 0.6 is 0 Å². The molecule has 1 aliphatic heterocycles. The van der Waals surface area contributed by atoms with Gasteiger partial charge in [0.2, 0.25) is 5.91 Å². The number of carbonyl (C=O) groups excluding carboxylic acids is 2. The number of ether oxygens (including phenoxy) is 1. The van der Waals surface area contributed by atoms with Gasteiger partial charge in [-0.3, -0.25) is 9.59 Å². The second-order valence-corrected chi connectivity index (χ2v) is 5.71. The van der Waals surface area contributed by atoms with E-state index in [0.29, 0.717) is 18.8 Å². The van der Waals surface area contributed by atoms with Gasteiger partial charge in [-0.25, -0.2) is 0 Å². The number of anilines is 1. The first-order valence-electron chi connectivity index (χ1n) is 7.42. The number of nitrogens with zero attached hydrogens (tertiary/aromatic N) is 2. The molecule has 2 rings (SSSR count). The highest BCUT2D eigenvalue weighted by atomic mass is 16.5. The number of nitrogens with one attached hydrogen (secondary N) is 1. The molecule has 0 unspecified atom stereocenters. The van der Waals surface area contributed by atoms with E-state index in [1.165, 1.54) is 0 Å². The van der Waals surface area contributed by atoms with Crippen molar-refractivity contribution in [3.8, 4) is 5.75 Å². The number of amides is 2. The quantitative estimate of drug-likeness (QED) is 0.844. The van der Waals surface area contributed by atoms with Crippen molar-refractivity contribution < 1.29 is 14.3 Å². The Balaban J connectivity index is 1.92. The molecule has 0 aromatic heterocycles. The van der Waals surface area contributed by atoms with E-state index in [0.717, 1.165) is 17.8 Å². The fraction of sp³-hybridized carbons (Fsp3) is 0.500. The van der Waals surface area contributed by atoms with Crippen LogP contribution in [-0.4, -0.2) is 57.1 Å². The lowest BCUT2D eigenvalue weighted by Gasteiger charge is -2.29. The monoisotopic (exact) mass is 305 g/mol. The Morgan fingerprint density at radius 2 is 2.18 bits per heavy atom. The lowest BCUT2D eigenvalue weighted by atomic mass is 10.1. The van der Waals surface area contributed by atoms with Gasteiger partial charge in [-0.05, 0) is 38.7 Å². The number of carbonyl (C=O) groups is 2. The number of rotatable bonds is 6. The van der Waals surface area contributed by atoms with Gasteiger partial charge < -0.3 is 19.9 Å². The summed E-state index contributed by atoms with van der Waals surface area (Å²) < 4.78 is 5.45. The number of aryl methyl sites for hydroxylation is 1. The van der Waals surface area contributed by atoms with Crippen molar-refractivity contribution >= 4 is 17.5 Å². The van der Waals surface area contributed by atoms with E-state index in [1.807, 2.05) is 44.1 Å². The maximum atomic E-state index is 12.0. The molecule has 6 nitrogen and oxygen atoms in total. The topological polar surface area (TPSA) is 61.9 Å². The maximum absolute atomic E-state index is 12.0. The Kier molecular flexibility index (Phi) is 5.38. The average Bonchev–Trinajstić information content (AvgIpc) is 2.46. The minimum absolute atomic E-state index is 0.0265. The predicted molar refractivity (Wildman–Crippen MR) is 85.2 cm³/mol. The standard InChI is InChI=1S/C16H23N3O3/c1-12-4-5-13-14(10-12)22-11-16(21)19(13)8-6-15(20)17-7-9-18(2)3/h4-5,10H,6-9,11H2,1-3H3,(H,17,20). The largest absolute Gasteiger partial charge is 0.482 e. The molecule has 2 amide bonds. The number of hydrogen-bond donors (Lipinski definition) is 1. The van der Waals surface area contributed by atoms with Gasteiger partial charge in [0.25, 0.3) is 5.91 Å². The van der Waals surface area contributed by atoms with Crippen LogP contribution in [0.1, 0.15) is 12.0 Å². The Hall–Kier alpha value is -2.08. The van der Waals surface area contributed by atoms with Crippen LogP contribution in [0.25, 0.3) is 0 Å². The fourth-order valence-electron chi connectivity index (χ4n) is 2.28. The van der Waals surface area contributed by atoms with Crippen molar-refractivity contribution in [3.63, 3.8) is 0 Å². The number of benzene rings is 1. The summed E-state index contributed by atoms with van der Waals surface area (Å²) in [6.45, 7) is 3.77. The van der Waals surface area contributed by atoms with Gasteiger partial charge in [0, 0.05) is 26.1 Å². The molecule has 0 atom stereocenters. The van der Waals surface area contributed by atoms with Gasteiger partial charge in [-0.15, -0.1) is 0 Å². The molecule has 0 bridgehead atoms. The summed E-state index contributed by atoms with van der Waals surface area (Å²) in [6.07, 6.45) is 0.284. The predicted octanol–water partition coefficient (Wildman–Crippen LogP) is 0.788. The van der Waals surface area contributed by atoms with Gasteiger partial charge in [0.15, 0.2) is 6.61 Å². The minimum Gasteiger partial charge on any atom is -0.482 e. The van der Waals surface area contributed by atoms with Gasteiger partial charge in [0.05, 0.1) is 5.69 Å². The first kappa shape index (κ1) is 16.3. The van der Waals surface area contributed by atoms with Crippen LogP contribution in [0.5, 0.6) is 5.75 Å². The molecule has 6 heteroatoms. The number of hydrogen-bond acceptors (Lipinski definition) is 4. The summed E-state index contributed by atoms with van der Waals surface area (Å²) in [4.78, 5) is 27.5. The highest BCUT2D eigenvalue weighted by Crippen LogP contribution is 2.32. The summed E-state index contributed by atoms with van der Waals surface area (Å²) >= 11 is 0. The minimum atomic E-state index is -0.113. The van der Waals surface area contributed by atoms with E-state index in [9.17, 15) is 9.59 Å². The van der Waals surface area contributed by atoms with Crippen LogP contribution < -0.4 is 15.0 Å². The van der Waals surface area contributed by atoms with E-state index in [-0.39, 0.29) is 24.8 Å². The molecule has 0 saturated carbocycles. The van der Waals surface area contributed by atoms with Crippen molar-refractivity contribution in [2.45, 2.75) is 13.3 Å². The smallest absolute Gasteiger partial charge is 0.265 e. The molecule has 0 aliphatic carbocycles. The van der Waals surface area contributed by atoms with Gasteiger partial charge in [-0.2, -0.15) is 0 Å². The zero-order chi connectivity index (χ0) is 16.1. The molecule has 1 aromatic rings. The summed E-state index contributed by atoms with van der Waals surface area (Å²) in [5.41, 5.74) is 1.82. The lowest BCUT2D eigenvalue weighted by molar-refractivity contribution is -0.122. The third kappa shape index (κ3) is 4.21. The van der Waals surface area contributed by atoms with E-state index in [4.69, 9.17) is 4.74 Å². The van der Waals surface area contributed by atoms with Gasteiger partial charge >= 0.3 is 0 Å². The molecule has 0 radical (unpaired) electrons. The third-order valence-electron chi connectivity index (χ3n) is 3.50. The van der Waals surface area contributed by atoms with Crippen LogP contribution in [-0.2, 0) is 9.59 Å². The molecular weight excluding hydrogens is 282 g/mol. The van der Waals surface area contributed by atoms with Crippen LogP contribution in [0.4, 0.5) is 5.69 Å². The molecule has 0 fully saturated rings. The zero-order valence-corrected chi connectivity index (χ0v) is 13.4. The highest BCUT2D eigenvalue weighted by molar-refractivity contribution is 5.98. The zero-order valence-electron chi connectivity index (χ0n) is 13.4.